The van der Waals surface area contributed by atoms with Gasteiger partial charge in [-0.2, -0.15) is 0 Å². The van der Waals surface area contributed by atoms with E-state index >= 15 is 0 Å². The highest BCUT2D eigenvalue weighted by Crippen LogP contribution is 2.16. The van der Waals surface area contributed by atoms with Crippen molar-refractivity contribution in [1.29, 1.82) is 0 Å². The van der Waals surface area contributed by atoms with Crippen LogP contribution in [0.3, 0.4) is 0 Å². The van der Waals surface area contributed by atoms with Crippen LogP contribution in [0.2, 0.25) is 0 Å². The summed E-state index contributed by atoms with van der Waals surface area (Å²) in [5.41, 5.74) is 1.31. The lowest BCUT2D eigenvalue weighted by Crippen LogP contribution is -2.03. The van der Waals surface area contributed by atoms with Crippen LogP contribution in [-0.4, -0.2) is 19.3 Å². The van der Waals surface area contributed by atoms with Crippen LogP contribution in [0.4, 0.5) is 0 Å². The van der Waals surface area contributed by atoms with Gasteiger partial charge in [-0.25, -0.2) is 0 Å². The molecule has 0 aliphatic carbocycles. The minimum atomic E-state index is 0.338. The molecule has 1 saturated heterocycles. The van der Waals surface area contributed by atoms with E-state index in [9.17, 15) is 0 Å². The molecule has 0 radical (unpaired) electrons. The molecule has 2 rings (SSSR count). The van der Waals surface area contributed by atoms with Crippen LogP contribution in [0.25, 0.3) is 0 Å². The van der Waals surface area contributed by atoms with Crippen molar-refractivity contribution in [2.75, 3.05) is 13.2 Å². The van der Waals surface area contributed by atoms with E-state index in [-0.39, 0.29) is 0 Å². The normalized spacial score (nSPS) is 19.9. The maximum Gasteiger partial charge on any atom is 0.119 e. The minimum absolute atomic E-state index is 0.338. The van der Waals surface area contributed by atoms with Crippen LogP contribution in [-0.2, 0) is 11.2 Å². The van der Waals surface area contributed by atoms with Crippen molar-refractivity contribution in [2.45, 2.75) is 19.4 Å². The number of aryl methyl sites for hydroxylation is 1. The fraction of sp³-hybridized carbons (Fsp3) is 0.455. The molecule has 1 fully saturated rings. The summed E-state index contributed by atoms with van der Waals surface area (Å²) < 4.78 is 10.6. The molecule has 1 aromatic carbocycles. The monoisotopic (exact) mass is 178 g/mol. The fourth-order valence-corrected chi connectivity index (χ4v) is 1.21. The zero-order chi connectivity index (χ0) is 9.10. The molecule has 0 saturated carbocycles. The number of rotatable bonds is 4. The topological polar surface area (TPSA) is 21.8 Å². The van der Waals surface area contributed by atoms with Gasteiger partial charge in [0.25, 0.3) is 0 Å². The van der Waals surface area contributed by atoms with Gasteiger partial charge in [0.2, 0.25) is 0 Å². The lowest BCUT2D eigenvalue weighted by molar-refractivity contribution is 0.263. The third kappa shape index (κ3) is 2.46. The Labute approximate surface area is 78.5 Å². The van der Waals surface area contributed by atoms with E-state index in [1.165, 1.54) is 5.56 Å². The molecule has 0 bridgehead atoms. The Morgan fingerprint density at radius 3 is 3.08 bits per heavy atom. The maximum absolute atomic E-state index is 5.55. The molecule has 1 atom stereocenters. The summed E-state index contributed by atoms with van der Waals surface area (Å²) in [6.07, 6.45) is 1.39. The van der Waals surface area contributed by atoms with E-state index < -0.39 is 0 Å². The minimum Gasteiger partial charge on any atom is -0.491 e. The van der Waals surface area contributed by atoms with Crippen molar-refractivity contribution in [3.63, 3.8) is 0 Å². The molecule has 0 aromatic heterocycles. The van der Waals surface area contributed by atoms with E-state index in [2.05, 4.69) is 19.1 Å². The summed E-state index contributed by atoms with van der Waals surface area (Å²) >= 11 is 0. The SMILES string of the molecule is CCc1cccc(OC[C@H]2CO2)c1. The van der Waals surface area contributed by atoms with Crippen molar-refractivity contribution < 1.29 is 9.47 Å². The third-order valence-corrected chi connectivity index (χ3v) is 2.14. The van der Waals surface area contributed by atoms with Gasteiger partial charge < -0.3 is 9.47 Å². The average Bonchev–Trinajstić information content (AvgIpc) is 2.99. The van der Waals surface area contributed by atoms with Crippen LogP contribution in [0.5, 0.6) is 5.75 Å². The maximum atomic E-state index is 5.55. The molecule has 1 aliphatic heterocycles. The Kier molecular flexibility index (Phi) is 2.50. The third-order valence-electron chi connectivity index (χ3n) is 2.14. The molecule has 0 N–H and O–H groups in total. The van der Waals surface area contributed by atoms with Gasteiger partial charge in [-0.15, -0.1) is 0 Å². The number of benzene rings is 1. The molecule has 2 heteroatoms. The van der Waals surface area contributed by atoms with Gasteiger partial charge in [0.1, 0.15) is 18.5 Å². The summed E-state index contributed by atoms with van der Waals surface area (Å²) in [4.78, 5) is 0. The van der Waals surface area contributed by atoms with Gasteiger partial charge in [0.15, 0.2) is 0 Å². The van der Waals surface area contributed by atoms with Gasteiger partial charge in [-0.1, -0.05) is 19.1 Å². The zero-order valence-corrected chi connectivity index (χ0v) is 7.82. The first-order valence-electron chi connectivity index (χ1n) is 4.72. The second kappa shape index (κ2) is 3.79. The molecule has 70 valence electrons. The van der Waals surface area contributed by atoms with E-state index in [4.69, 9.17) is 9.47 Å². The number of hydrogen-bond donors (Lipinski definition) is 0. The summed E-state index contributed by atoms with van der Waals surface area (Å²) in [7, 11) is 0. The second-order valence-corrected chi connectivity index (χ2v) is 3.27. The molecule has 0 unspecified atom stereocenters. The van der Waals surface area contributed by atoms with Crippen molar-refractivity contribution in [3.8, 4) is 5.75 Å². The van der Waals surface area contributed by atoms with Crippen LogP contribution in [0.1, 0.15) is 12.5 Å². The predicted octanol–water partition coefficient (Wildman–Crippen LogP) is 2.03. The van der Waals surface area contributed by atoms with Crippen LogP contribution in [0.15, 0.2) is 24.3 Å². The molecule has 1 aliphatic rings. The van der Waals surface area contributed by atoms with Crippen molar-refractivity contribution >= 4 is 0 Å². The standard InChI is InChI=1S/C11H14O2/c1-2-9-4-3-5-10(6-9)12-7-11-8-13-11/h3-6,11H,2,7-8H2,1H3/t11-/m0/s1. The van der Waals surface area contributed by atoms with E-state index in [1.807, 2.05) is 12.1 Å². The zero-order valence-electron chi connectivity index (χ0n) is 7.82. The Morgan fingerprint density at radius 1 is 1.54 bits per heavy atom. The molecule has 0 spiro atoms. The summed E-state index contributed by atoms with van der Waals surface area (Å²) in [5.74, 6) is 0.954. The largest absolute Gasteiger partial charge is 0.491 e. The van der Waals surface area contributed by atoms with Crippen LogP contribution in [0, 0.1) is 0 Å². The highest BCUT2D eigenvalue weighted by Gasteiger charge is 2.22. The summed E-state index contributed by atoms with van der Waals surface area (Å²) in [6.45, 7) is 3.68. The summed E-state index contributed by atoms with van der Waals surface area (Å²) in [5, 5.41) is 0. The number of epoxide rings is 1. The number of hydrogen-bond acceptors (Lipinski definition) is 2. The van der Waals surface area contributed by atoms with Crippen LogP contribution >= 0.6 is 0 Å². The lowest BCUT2D eigenvalue weighted by Gasteiger charge is -2.04. The molecule has 2 nitrogen and oxygen atoms in total. The first kappa shape index (κ1) is 8.57. The van der Waals surface area contributed by atoms with E-state index in [0.29, 0.717) is 12.7 Å². The van der Waals surface area contributed by atoms with Gasteiger partial charge in [0.05, 0.1) is 6.61 Å². The van der Waals surface area contributed by atoms with Crippen molar-refractivity contribution in [1.82, 2.24) is 0 Å². The molecule has 1 heterocycles. The molecular formula is C11H14O2. The number of ether oxygens (including phenoxy) is 2. The fourth-order valence-electron chi connectivity index (χ4n) is 1.21. The van der Waals surface area contributed by atoms with E-state index in [0.717, 1.165) is 18.8 Å². The second-order valence-electron chi connectivity index (χ2n) is 3.27. The highest BCUT2D eigenvalue weighted by molar-refractivity contribution is 5.28. The lowest BCUT2D eigenvalue weighted by atomic mass is 10.2. The summed E-state index contributed by atoms with van der Waals surface area (Å²) in [6, 6.07) is 8.21. The van der Waals surface area contributed by atoms with Gasteiger partial charge in [0, 0.05) is 0 Å². The first-order valence-corrected chi connectivity index (χ1v) is 4.72. The van der Waals surface area contributed by atoms with Crippen molar-refractivity contribution in [2.24, 2.45) is 0 Å². The predicted molar refractivity (Wildman–Crippen MR) is 51.1 cm³/mol. The molecule has 1 aromatic rings. The molecular weight excluding hydrogens is 164 g/mol. The smallest absolute Gasteiger partial charge is 0.119 e. The Balaban J connectivity index is 1.93. The average molecular weight is 178 g/mol. The first-order chi connectivity index (χ1) is 6.38. The highest BCUT2D eigenvalue weighted by atomic mass is 16.6. The van der Waals surface area contributed by atoms with E-state index in [1.54, 1.807) is 0 Å². The van der Waals surface area contributed by atoms with Crippen molar-refractivity contribution in [3.05, 3.63) is 29.8 Å². The molecule has 13 heavy (non-hydrogen) atoms. The quantitative estimate of drug-likeness (QED) is 0.658. The van der Waals surface area contributed by atoms with Gasteiger partial charge >= 0.3 is 0 Å². The Bertz CT molecular complexity index is 279. The van der Waals surface area contributed by atoms with Crippen LogP contribution < -0.4 is 4.74 Å². The Morgan fingerprint density at radius 2 is 2.38 bits per heavy atom. The van der Waals surface area contributed by atoms with Gasteiger partial charge in [-0.3, -0.25) is 0 Å². The van der Waals surface area contributed by atoms with Gasteiger partial charge in [-0.05, 0) is 24.1 Å². The molecule has 0 amide bonds. The Hall–Kier alpha value is -1.02.